The Morgan fingerprint density at radius 3 is 2.24 bits per heavy atom. The number of carbonyl (C=O) groups is 2. The van der Waals surface area contributed by atoms with Crippen LogP contribution in [0.3, 0.4) is 0 Å². The fraction of sp³-hybridized carbons (Fsp3) is 0.481. The Hall–Kier alpha value is -3.01. The normalized spacial score (nSPS) is 12.3. The summed E-state index contributed by atoms with van der Waals surface area (Å²) in [7, 11) is -3.81. The summed E-state index contributed by atoms with van der Waals surface area (Å²) in [6.45, 7) is 6.54. The van der Waals surface area contributed by atoms with Crippen LogP contribution in [0.25, 0.3) is 0 Å². The largest absolute Gasteiger partial charge is 0.354 e. The van der Waals surface area contributed by atoms with E-state index in [1.165, 1.54) is 6.07 Å². The van der Waals surface area contributed by atoms with Crippen molar-refractivity contribution in [2.75, 3.05) is 30.2 Å². The van der Waals surface area contributed by atoms with Crippen molar-refractivity contribution in [3.8, 4) is 0 Å². The number of hydrogen-bond acceptors (Lipinski definition) is 4. The maximum Gasteiger partial charge on any atom is 0.242 e. The van der Waals surface area contributed by atoms with Crippen molar-refractivity contribution in [3.05, 3.63) is 65.7 Å². The molecule has 2 aromatic carbocycles. The molecule has 0 heterocycles. The fourth-order valence-electron chi connectivity index (χ4n) is 3.96. The summed E-state index contributed by atoms with van der Waals surface area (Å²) in [6, 6.07) is 11.8. The van der Waals surface area contributed by atoms with E-state index in [1.807, 2.05) is 51.1 Å². The second kappa shape index (κ2) is 14.1. The van der Waals surface area contributed by atoms with Crippen molar-refractivity contribution in [2.45, 2.75) is 52.5 Å². The van der Waals surface area contributed by atoms with Crippen LogP contribution in [0, 0.1) is 17.6 Å². The molecule has 0 saturated heterocycles. The minimum atomic E-state index is -3.81. The van der Waals surface area contributed by atoms with Gasteiger partial charge in [0.15, 0.2) is 11.6 Å². The van der Waals surface area contributed by atoms with Gasteiger partial charge < -0.3 is 10.2 Å². The van der Waals surface area contributed by atoms with Crippen molar-refractivity contribution in [1.82, 2.24) is 10.2 Å². The lowest BCUT2D eigenvalue weighted by Gasteiger charge is -2.31. The fourth-order valence-corrected chi connectivity index (χ4v) is 4.92. The van der Waals surface area contributed by atoms with Crippen molar-refractivity contribution < 1.29 is 26.8 Å². The number of sulfonamides is 1. The van der Waals surface area contributed by atoms with Gasteiger partial charge in [0.1, 0.15) is 6.04 Å². The zero-order valence-corrected chi connectivity index (χ0v) is 22.7. The molecule has 2 amide bonds. The molecule has 0 unspecified atom stereocenters. The van der Waals surface area contributed by atoms with Crippen LogP contribution in [0.5, 0.6) is 0 Å². The Morgan fingerprint density at radius 2 is 1.68 bits per heavy atom. The van der Waals surface area contributed by atoms with Gasteiger partial charge in [-0.3, -0.25) is 13.9 Å². The van der Waals surface area contributed by atoms with Gasteiger partial charge in [0.25, 0.3) is 0 Å². The second-order valence-electron chi connectivity index (χ2n) is 9.42. The van der Waals surface area contributed by atoms with Crippen LogP contribution in [-0.2, 0) is 26.0 Å². The highest BCUT2D eigenvalue weighted by Gasteiger charge is 2.28. The van der Waals surface area contributed by atoms with E-state index >= 15 is 0 Å². The maximum atomic E-state index is 13.7. The number of nitrogens with zero attached hydrogens (tertiary/aromatic N) is 2. The molecule has 0 aliphatic heterocycles. The van der Waals surface area contributed by atoms with Crippen molar-refractivity contribution in [2.24, 2.45) is 5.92 Å². The number of benzene rings is 2. The average molecular weight is 538 g/mol. The molecule has 7 nitrogen and oxygen atoms in total. The molecule has 204 valence electrons. The highest BCUT2D eigenvalue weighted by molar-refractivity contribution is 7.92. The summed E-state index contributed by atoms with van der Waals surface area (Å²) in [5.41, 5.74) is 1.01. The SMILES string of the molecule is CC[C@@H](C(=O)NCC(C)C)N(CCc1ccccc1)C(=O)CCCN(c1ccc(F)c(F)c1)S(C)(=O)=O. The summed E-state index contributed by atoms with van der Waals surface area (Å²) in [5, 5.41) is 2.91. The number of amides is 2. The standard InChI is InChI=1S/C27H37F2N3O4S/c1-5-25(27(34)30-19-20(2)3)31(17-15-21-10-7-6-8-11-21)26(33)12-9-16-32(37(4,35)36)22-13-14-23(28)24(29)18-22/h6-8,10-11,13-14,18,20,25H,5,9,12,15-17,19H2,1-4H3,(H,30,34)/t25-/m0/s1. The van der Waals surface area contributed by atoms with E-state index in [-0.39, 0.29) is 42.8 Å². The Balaban J connectivity index is 2.16. The van der Waals surface area contributed by atoms with Crippen LogP contribution >= 0.6 is 0 Å². The van der Waals surface area contributed by atoms with E-state index in [2.05, 4.69) is 5.32 Å². The van der Waals surface area contributed by atoms with Crippen molar-refractivity contribution in [1.29, 1.82) is 0 Å². The number of carbonyl (C=O) groups excluding carboxylic acids is 2. The second-order valence-corrected chi connectivity index (χ2v) is 11.3. The smallest absolute Gasteiger partial charge is 0.242 e. The zero-order valence-electron chi connectivity index (χ0n) is 21.9. The molecular formula is C27H37F2N3O4S. The summed E-state index contributed by atoms with van der Waals surface area (Å²) in [5.74, 6) is -2.48. The third kappa shape index (κ3) is 9.42. The van der Waals surface area contributed by atoms with Gasteiger partial charge in [-0.05, 0) is 42.9 Å². The van der Waals surface area contributed by atoms with E-state index in [1.54, 1.807) is 4.90 Å². The molecule has 10 heteroatoms. The minimum Gasteiger partial charge on any atom is -0.354 e. The number of hydrogen-bond donors (Lipinski definition) is 1. The van der Waals surface area contributed by atoms with Crippen LogP contribution in [0.4, 0.5) is 14.5 Å². The van der Waals surface area contributed by atoms with Crippen molar-refractivity contribution >= 4 is 27.5 Å². The van der Waals surface area contributed by atoms with E-state index < -0.39 is 27.7 Å². The molecule has 0 fully saturated rings. The van der Waals surface area contributed by atoms with Crippen molar-refractivity contribution in [3.63, 3.8) is 0 Å². The third-order valence-electron chi connectivity index (χ3n) is 5.90. The van der Waals surface area contributed by atoms with Crippen LogP contribution < -0.4 is 9.62 Å². The molecule has 0 radical (unpaired) electrons. The molecule has 0 aliphatic carbocycles. The van der Waals surface area contributed by atoms with Crippen LogP contribution in [0.1, 0.15) is 45.6 Å². The summed E-state index contributed by atoms with van der Waals surface area (Å²) in [6.07, 6.45) is 2.07. The Labute approximate surface area is 218 Å². The molecule has 0 aromatic heterocycles. The lowest BCUT2D eigenvalue weighted by molar-refractivity contribution is -0.140. The summed E-state index contributed by atoms with van der Waals surface area (Å²) in [4.78, 5) is 27.8. The predicted molar refractivity (Wildman–Crippen MR) is 142 cm³/mol. The Morgan fingerprint density at radius 1 is 1.00 bits per heavy atom. The van der Waals surface area contributed by atoms with E-state index in [0.717, 1.165) is 28.3 Å². The minimum absolute atomic E-state index is 0.0154. The quantitative estimate of drug-likeness (QED) is 0.393. The molecule has 37 heavy (non-hydrogen) atoms. The molecule has 1 N–H and O–H groups in total. The van der Waals surface area contributed by atoms with Gasteiger partial charge in [-0.25, -0.2) is 17.2 Å². The first-order valence-corrected chi connectivity index (χ1v) is 14.3. The van der Waals surface area contributed by atoms with Gasteiger partial charge in [0.05, 0.1) is 11.9 Å². The van der Waals surface area contributed by atoms with Gasteiger partial charge in [0, 0.05) is 32.1 Å². The predicted octanol–water partition coefficient (Wildman–Crippen LogP) is 4.13. The zero-order chi connectivity index (χ0) is 27.6. The molecule has 1 atom stereocenters. The monoisotopic (exact) mass is 537 g/mol. The first kappa shape index (κ1) is 30.2. The molecular weight excluding hydrogens is 500 g/mol. The molecule has 0 saturated carbocycles. The van der Waals surface area contributed by atoms with E-state index in [0.29, 0.717) is 25.9 Å². The highest BCUT2D eigenvalue weighted by atomic mass is 32.2. The van der Waals surface area contributed by atoms with E-state index in [4.69, 9.17) is 0 Å². The van der Waals surface area contributed by atoms with Gasteiger partial charge in [-0.2, -0.15) is 0 Å². The summed E-state index contributed by atoms with van der Waals surface area (Å²) < 4.78 is 52.7. The lowest BCUT2D eigenvalue weighted by atomic mass is 10.1. The first-order valence-electron chi connectivity index (χ1n) is 12.5. The van der Waals surface area contributed by atoms with Crippen LogP contribution in [0.15, 0.2) is 48.5 Å². The number of anilines is 1. The van der Waals surface area contributed by atoms with Crippen LogP contribution in [0.2, 0.25) is 0 Å². The Kier molecular flexibility index (Phi) is 11.5. The molecule has 0 spiro atoms. The number of halogens is 2. The Bertz CT molecular complexity index is 1140. The van der Waals surface area contributed by atoms with Gasteiger partial charge in [-0.1, -0.05) is 51.1 Å². The molecule has 0 aliphatic rings. The van der Waals surface area contributed by atoms with Crippen LogP contribution in [-0.4, -0.2) is 57.1 Å². The van der Waals surface area contributed by atoms with E-state index in [9.17, 15) is 26.8 Å². The lowest BCUT2D eigenvalue weighted by Crippen LogP contribution is -2.50. The number of rotatable bonds is 14. The van der Waals surface area contributed by atoms with Gasteiger partial charge >= 0.3 is 0 Å². The maximum absolute atomic E-state index is 13.7. The first-order chi connectivity index (χ1) is 17.4. The number of nitrogens with one attached hydrogen (secondary N) is 1. The summed E-state index contributed by atoms with van der Waals surface area (Å²) >= 11 is 0. The molecule has 0 bridgehead atoms. The third-order valence-corrected chi connectivity index (χ3v) is 7.09. The molecule has 2 aromatic rings. The van der Waals surface area contributed by atoms with Gasteiger partial charge in [-0.15, -0.1) is 0 Å². The molecule has 2 rings (SSSR count). The van der Waals surface area contributed by atoms with Gasteiger partial charge in [0.2, 0.25) is 21.8 Å². The topological polar surface area (TPSA) is 86.8 Å². The average Bonchev–Trinajstić information content (AvgIpc) is 2.84. The highest BCUT2D eigenvalue weighted by Crippen LogP contribution is 2.21.